The van der Waals surface area contributed by atoms with Crippen LogP contribution in [-0.4, -0.2) is 42.5 Å². The summed E-state index contributed by atoms with van der Waals surface area (Å²) in [6, 6.07) is 17.2. The van der Waals surface area contributed by atoms with Gasteiger partial charge >= 0.3 is 0 Å². The zero-order valence-electron chi connectivity index (χ0n) is 16.0. The molecule has 5 heteroatoms. The number of amides is 2. The molecule has 2 aromatic rings. The number of carbonyl (C=O) groups excluding carboxylic acids is 2. The van der Waals surface area contributed by atoms with Crippen LogP contribution in [0.25, 0.3) is 0 Å². The maximum Gasteiger partial charge on any atom is 0.253 e. The van der Waals surface area contributed by atoms with E-state index in [0.717, 1.165) is 50.1 Å². The summed E-state index contributed by atoms with van der Waals surface area (Å²) >= 11 is 0. The van der Waals surface area contributed by atoms with Gasteiger partial charge < -0.3 is 15.0 Å². The van der Waals surface area contributed by atoms with Crippen molar-refractivity contribution >= 4 is 11.8 Å². The van der Waals surface area contributed by atoms with Gasteiger partial charge in [-0.15, -0.1) is 0 Å². The lowest BCUT2D eigenvalue weighted by atomic mass is 9.97. The Bertz CT molecular complexity index is 808. The number of hydrogen-bond acceptors (Lipinski definition) is 3. The second kappa shape index (κ2) is 8.46. The predicted octanol–water partition coefficient (Wildman–Crippen LogP) is 3.51. The SMILES string of the molecule is O=C(NC1CC1)c1ccc(OCC2CCN(C(=O)c3ccccc3)CC2)cc1. The summed E-state index contributed by atoms with van der Waals surface area (Å²) in [5.41, 5.74) is 1.43. The van der Waals surface area contributed by atoms with Crippen molar-refractivity contribution in [3.05, 3.63) is 65.7 Å². The van der Waals surface area contributed by atoms with Crippen molar-refractivity contribution in [1.82, 2.24) is 10.2 Å². The third-order valence-electron chi connectivity index (χ3n) is 5.44. The number of nitrogens with one attached hydrogen (secondary N) is 1. The van der Waals surface area contributed by atoms with Crippen molar-refractivity contribution in [3.63, 3.8) is 0 Å². The molecule has 0 atom stereocenters. The molecule has 2 fully saturated rings. The zero-order chi connectivity index (χ0) is 19.3. The molecule has 0 aromatic heterocycles. The molecule has 146 valence electrons. The van der Waals surface area contributed by atoms with Crippen LogP contribution >= 0.6 is 0 Å². The van der Waals surface area contributed by atoms with Gasteiger partial charge in [0.05, 0.1) is 6.61 Å². The summed E-state index contributed by atoms with van der Waals surface area (Å²) in [4.78, 5) is 26.5. The molecule has 1 saturated carbocycles. The number of carbonyl (C=O) groups is 2. The van der Waals surface area contributed by atoms with Crippen molar-refractivity contribution in [2.45, 2.75) is 31.7 Å². The van der Waals surface area contributed by atoms with Gasteiger partial charge in [-0.05, 0) is 68.0 Å². The number of nitrogens with zero attached hydrogens (tertiary/aromatic N) is 1. The summed E-state index contributed by atoms with van der Waals surface area (Å²) in [5, 5.41) is 2.99. The molecule has 0 spiro atoms. The van der Waals surface area contributed by atoms with Crippen LogP contribution in [0, 0.1) is 5.92 Å². The van der Waals surface area contributed by atoms with E-state index in [4.69, 9.17) is 4.74 Å². The molecule has 0 bridgehead atoms. The first-order valence-electron chi connectivity index (χ1n) is 10.1. The van der Waals surface area contributed by atoms with Crippen molar-refractivity contribution in [2.75, 3.05) is 19.7 Å². The van der Waals surface area contributed by atoms with Crippen molar-refractivity contribution in [1.29, 1.82) is 0 Å². The molecule has 1 saturated heterocycles. The summed E-state index contributed by atoms with van der Waals surface area (Å²) in [7, 11) is 0. The van der Waals surface area contributed by atoms with Crippen LogP contribution in [0.3, 0.4) is 0 Å². The Morgan fingerprint density at radius 1 is 0.893 bits per heavy atom. The Labute approximate surface area is 165 Å². The van der Waals surface area contributed by atoms with Crippen molar-refractivity contribution in [2.24, 2.45) is 5.92 Å². The molecule has 1 aliphatic carbocycles. The highest BCUT2D eigenvalue weighted by Crippen LogP contribution is 2.22. The number of hydrogen-bond donors (Lipinski definition) is 1. The standard InChI is InChI=1S/C23H26N2O3/c26-22(24-20-8-9-20)18-6-10-21(11-7-18)28-16-17-12-14-25(15-13-17)23(27)19-4-2-1-3-5-19/h1-7,10-11,17,20H,8-9,12-16H2,(H,24,26). The van der Waals surface area contributed by atoms with Gasteiger partial charge in [0, 0.05) is 30.3 Å². The van der Waals surface area contributed by atoms with Gasteiger partial charge in [-0.2, -0.15) is 0 Å². The van der Waals surface area contributed by atoms with Gasteiger partial charge in [0.2, 0.25) is 0 Å². The molecule has 0 unspecified atom stereocenters. The van der Waals surface area contributed by atoms with Crippen LogP contribution in [0.4, 0.5) is 0 Å². The third kappa shape index (κ3) is 4.71. The number of piperidine rings is 1. The van der Waals surface area contributed by atoms with Gasteiger partial charge in [-0.3, -0.25) is 9.59 Å². The van der Waals surface area contributed by atoms with Crippen molar-refractivity contribution < 1.29 is 14.3 Å². The Balaban J connectivity index is 1.22. The molecule has 2 amide bonds. The first kappa shape index (κ1) is 18.5. The molecular formula is C23H26N2O3. The van der Waals surface area contributed by atoms with Gasteiger partial charge in [0.15, 0.2) is 0 Å². The lowest BCUT2D eigenvalue weighted by Crippen LogP contribution is -2.39. The maximum absolute atomic E-state index is 12.5. The second-order valence-electron chi connectivity index (χ2n) is 7.68. The van der Waals surface area contributed by atoms with E-state index in [1.165, 1.54) is 0 Å². The first-order chi connectivity index (χ1) is 13.7. The Morgan fingerprint density at radius 2 is 1.57 bits per heavy atom. The van der Waals surface area contributed by atoms with E-state index in [1.807, 2.05) is 59.5 Å². The summed E-state index contributed by atoms with van der Waals surface area (Å²) < 4.78 is 5.92. The molecule has 1 N–H and O–H groups in total. The maximum atomic E-state index is 12.5. The highest BCUT2D eigenvalue weighted by Gasteiger charge is 2.25. The summed E-state index contributed by atoms with van der Waals surface area (Å²) in [5.74, 6) is 1.33. The summed E-state index contributed by atoms with van der Waals surface area (Å²) in [6.45, 7) is 2.17. The van der Waals surface area contributed by atoms with E-state index >= 15 is 0 Å². The number of benzene rings is 2. The highest BCUT2D eigenvalue weighted by atomic mass is 16.5. The van der Waals surface area contributed by atoms with Crippen molar-refractivity contribution in [3.8, 4) is 5.75 Å². The lowest BCUT2D eigenvalue weighted by molar-refractivity contribution is 0.0660. The zero-order valence-corrected chi connectivity index (χ0v) is 16.0. The molecule has 1 heterocycles. The third-order valence-corrected chi connectivity index (χ3v) is 5.44. The van der Waals surface area contributed by atoms with Gasteiger partial charge in [0.1, 0.15) is 5.75 Å². The van der Waals surface area contributed by atoms with Crippen LogP contribution in [0.1, 0.15) is 46.4 Å². The normalized spacial score (nSPS) is 17.2. The van der Waals surface area contributed by atoms with Crippen LogP contribution in [0.15, 0.2) is 54.6 Å². The van der Waals surface area contributed by atoms with E-state index < -0.39 is 0 Å². The molecule has 1 aliphatic heterocycles. The topological polar surface area (TPSA) is 58.6 Å². The van der Waals surface area contributed by atoms with Gasteiger partial charge in [-0.1, -0.05) is 18.2 Å². The van der Waals surface area contributed by atoms with Crippen LogP contribution in [0.5, 0.6) is 5.75 Å². The molecule has 5 nitrogen and oxygen atoms in total. The molecule has 0 radical (unpaired) electrons. The fourth-order valence-electron chi connectivity index (χ4n) is 3.48. The Hall–Kier alpha value is -2.82. The Morgan fingerprint density at radius 3 is 2.21 bits per heavy atom. The molecule has 4 rings (SSSR count). The molecular weight excluding hydrogens is 352 g/mol. The van der Waals surface area contributed by atoms with E-state index in [-0.39, 0.29) is 11.8 Å². The highest BCUT2D eigenvalue weighted by molar-refractivity contribution is 5.95. The minimum absolute atomic E-state index is 0.00972. The number of ether oxygens (including phenoxy) is 1. The van der Waals surface area contributed by atoms with E-state index in [0.29, 0.717) is 24.1 Å². The molecule has 28 heavy (non-hydrogen) atoms. The van der Waals surface area contributed by atoms with Gasteiger partial charge in [0.25, 0.3) is 11.8 Å². The van der Waals surface area contributed by atoms with E-state index in [9.17, 15) is 9.59 Å². The van der Waals surface area contributed by atoms with Crippen LogP contribution in [0.2, 0.25) is 0 Å². The minimum Gasteiger partial charge on any atom is -0.493 e. The number of likely N-dealkylation sites (tertiary alicyclic amines) is 1. The average Bonchev–Trinajstić information content (AvgIpc) is 3.57. The van der Waals surface area contributed by atoms with E-state index in [2.05, 4.69) is 5.32 Å². The molecule has 2 aliphatic rings. The summed E-state index contributed by atoms with van der Waals surface area (Å²) in [6.07, 6.45) is 4.06. The average molecular weight is 378 g/mol. The molecule has 2 aromatic carbocycles. The van der Waals surface area contributed by atoms with Gasteiger partial charge in [-0.25, -0.2) is 0 Å². The quantitative estimate of drug-likeness (QED) is 0.837. The number of rotatable bonds is 6. The second-order valence-corrected chi connectivity index (χ2v) is 7.68. The van der Waals surface area contributed by atoms with Crippen LogP contribution in [-0.2, 0) is 0 Å². The fraction of sp³-hybridized carbons (Fsp3) is 0.391. The smallest absolute Gasteiger partial charge is 0.253 e. The minimum atomic E-state index is -0.00972. The fourth-order valence-corrected chi connectivity index (χ4v) is 3.48. The largest absolute Gasteiger partial charge is 0.493 e. The first-order valence-corrected chi connectivity index (χ1v) is 10.1. The predicted molar refractivity (Wildman–Crippen MR) is 107 cm³/mol. The lowest BCUT2D eigenvalue weighted by Gasteiger charge is -2.32. The Kier molecular flexibility index (Phi) is 5.60. The van der Waals surface area contributed by atoms with Crippen LogP contribution < -0.4 is 10.1 Å². The monoisotopic (exact) mass is 378 g/mol. The van der Waals surface area contributed by atoms with E-state index in [1.54, 1.807) is 0 Å².